The Hall–Kier alpha value is -2.56. The smallest absolute Gasteiger partial charge is 0.246 e. The highest BCUT2D eigenvalue weighted by atomic mass is 16.3. The molecule has 146 valence electrons. The van der Waals surface area contributed by atoms with Crippen molar-refractivity contribution in [3.05, 3.63) is 53.9 Å². The molecule has 3 aliphatic rings. The van der Waals surface area contributed by atoms with Crippen LogP contribution in [0.5, 0.6) is 0 Å². The Morgan fingerprint density at radius 1 is 1.04 bits per heavy atom. The summed E-state index contributed by atoms with van der Waals surface area (Å²) in [5, 5.41) is 6.68. The average molecular weight is 378 g/mol. The average Bonchev–Trinajstić information content (AvgIpc) is 3.48. The molecule has 2 aliphatic carbocycles. The van der Waals surface area contributed by atoms with Crippen molar-refractivity contribution in [3.63, 3.8) is 0 Å². The Bertz CT molecular complexity index is 873. The van der Waals surface area contributed by atoms with Crippen LogP contribution in [0.3, 0.4) is 0 Å². The number of amides is 1. The van der Waals surface area contributed by atoms with Crippen molar-refractivity contribution >= 4 is 17.7 Å². The summed E-state index contributed by atoms with van der Waals surface area (Å²) in [6, 6.07) is 7.61. The van der Waals surface area contributed by atoms with Crippen LogP contribution in [0.15, 0.2) is 56.3 Å². The molecule has 2 aromatic rings. The van der Waals surface area contributed by atoms with Crippen molar-refractivity contribution in [2.75, 3.05) is 0 Å². The Morgan fingerprint density at radius 2 is 1.86 bits per heavy atom. The first kappa shape index (κ1) is 17.5. The second-order valence-electron chi connectivity index (χ2n) is 8.15. The van der Waals surface area contributed by atoms with Crippen molar-refractivity contribution in [1.82, 2.24) is 5.01 Å². The Morgan fingerprint density at radius 3 is 2.61 bits per heavy atom. The molecule has 1 amide bonds. The van der Waals surface area contributed by atoms with Crippen molar-refractivity contribution in [3.8, 4) is 0 Å². The lowest BCUT2D eigenvalue weighted by molar-refractivity contribution is -0.139. The van der Waals surface area contributed by atoms with E-state index in [1.807, 2.05) is 24.3 Å². The maximum atomic E-state index is 13.4. The first-order valence-corrected chi connectivity index (χ1v) is 10.5. The summed E-state index contributed by atoms with van der Waals surface area (Å²) in [5.74, 6) is 2.12. The second-order valence-corrected chi connectivity index (χ2v) is 8.15. The van der Waals surface area contributed by atoms with Crippen molar-refractivity contribution in [1.29, 1.82) is 0 Å². The fraction of sp³-hybridized carbons (Fsp3) is 0.478. The summed E-state index contributed by atoms with van der Waals surface area (Å²) >= 11 is 0. The minimum absolute atomic E-state index is 0.0909. The van der Waals surface area contributed by atoms with Crippen molar-refractivity contribution < 1.29 is 13.6 Å². The second kappa shape index (κ2) is 7.46. The molecule has 5 heteroatoms. The van der Waals surface area contributed by atoms with Gasteiger partial charge in [-0.05, 0) is 68.0 Å². The number of hydrogen-bond acceptors (Lipinski definition) is 4. The van der Waals surface area contributed by atoms with E-state index in [2.05, 4.69) is 6.08 Å². The summed E-state index contributed by atoms with van der Waals surface area (Å²) in [7, 11) is 0. The van der Waals surface area contributed by atoms with Gasteiger partial charge in [0.2, 0.25) is 5.91 Å². The fourth-order valence-electron chi connectivity index (χ4n) is 5.00. The minimum atomic E-state index is -0.125. The molecule has 2 atom stereocenters. The number of hydrazone groups is 1. The highest BCUT2D eigenvalue weighted by molar-refractivity contribution is 6.08. The topological polar surface area (TPSA) is 59.0 Å². The Balaban J connectivity index is 1.51. The van der Waals surface area contributed by atoms with Gasteiger partial charge in [-0.1, -0.05) is 19.3 Å². The van der Waals surface area contributed by atoms with E-state index in [-0.39, 0.29) is 23.8 Å². The van der Waals surface area contributed by atoms with Crippen molar-refractivity contribution in [2.45, 2.75) is 57.4 Å². The van der Waals surface area contributed by atoms with Gasteiger partial charge in [0, 0.05) is 11.8 Å². The fourth-order valence-corrected chi connectivity index (χ4v) is 5.00. The van der Waals surface area contributed by atoms with Crippen LogP contribution >= 0.6 is 0 Å². The molecule has 5 nitrogen and oxygen atoms in total. The molecule has 0 saturated heterocycles. The van der Waals surface area contributed by atoms with Crippen LogP contribution in [0.4, 0.5) is 0 Å². The summed E-state index contributed by atoms with van der Waals surface area (Å²) < 4.78 is 11.3. The lowest BCUT2D eigenvalue weighted by Gasteiger charge is -2.30. The third-order valence-corrected chi connectivity index (χ3v) is 6.38. The lowest BCUT2D eigenvalue weighted by atomic mass is 9.79. The third-order valence-electron chi connectivity index (χ3n) is 6.38. The number of allylic oxidation sites excluding steroid dienone is 1. The van der Waals surface area contributed by atoms with Gasteiger partial charge in [-0.3, -0.25) is 4.79 Å². The predicted molar refractivity (Wildman–Crippen MR) is 106 cm³/mol. The van der Waals surface area contributed by atoms with E-state index in [9.17, 15) is 4.79 Å². The van der Waals surface area contributed by atoms with E-state index in [1.54, 1.807) is 17.5 Å². The molecule has 5 rings (SSSR count). The molecule has 2 saturated carbocycles. The number of hydrogen-bond donors (Lipinski definition) is 0. The number of rotatable bonds is 3. The van der Waals surface area contributed by atoms with Gasteiger partial charge in [0.25, 0.3) is 0 Å². The van der Waals surface area contributed by atoms with Gasteiger partial charge in [0.1, 0.15) is 17.6 Å². The summed E-state index contributed by atoms with van der Waals surface area (Å²) in [6.07, 6.45) is 14.0. The number of carbonyl (C=O) groups excluding carboxylic acids is 1. The van der Waals surface area contributed by atoms with E-state index >= 15 is 0 Å². The summed E-state index contributed by atoms with van der Waals surface area (Å²) in [4.78, 5) is 13.4. The normalized spacial score (nSPS) is 27.1. The number of fused-ring (bicyclic) bond motifs is 1. The molecule has 0 N–H and O–H groups in total. The van der Waals surface area contributed by atoms with E-state index in [1.165, 1.54) is 12.0 Å². The van der Waals surface area contributed by atoms with Crippen LogP contribution in [0.2, 0.25) is 0 Å². The zero-order chi connectivity index (χ0) is 18.9. The summed E-state index contributed by atoms with van der Waals surface area (Å²) in [5.41, 5.74) is 2.22. The quantitative estimate of drug-likeness (QED) is 0.701. The number of carbonyl (C=O) groups is 1. The van der Waals surface area contributed by atoms with E-state index in [4.69, 9.17) is 13.9 Å². The zero-order valence-electron chi connectivity index (χ0n) is 16.0. The van der Waals surface area contributed by atoms with Gasteiger partial charge in [0.15, 0.2) is 0 Å². The van der Waals surface area contributed by atoms with Crippen LogP contribution in [0, 0.1) is 11.8 Å². The molecule has 0 spiro atoms. The number of furan rings is 2. The first-order chi connectivity index (χ1) is 13.8. The molecule has 0 unspecified atom stereocenters. The van der Waals surface area contributed by atoms with E-state index in [0.29, 0.717) is 0 Å². The molecule has 2 fully saturated rings. The van der Waals surface area contributed by atoms with Crippen LogP contribution in [-0.4, -0.2) is 16.6 Å². The zero-order valence-corrected chi connectivity index (χ0v) is 16.0. The molecule has 0 radical (unpaired) electrons. The molecule has 3 heterocycles. The Kier molecular flexibility index (Phi) is 4.67. The largest absolute Gasteiger partial charge is 0.467 e. The maximum Gasteiger partial charge on any atom is 0.246 e. The standard InChI is InChI=1S/C23H26N2O3/c26-23(16-7-2-1-3-8-16)25-22(20-12-6-14-28-20)19-11-4-9-17(21(19)24-25)15-18-10-5-13-27-18/h5-6,10,12-16,19,22H,1-4,7-9,11H2/b17-15+/t19-,22-/m1/s1. The van der Waals surface area contributed by atoms with E-state index < -0.39 is 0 Å². The SMILES string of the molecule is O=C(C1CCCCC1)N1N=C2/C(=C/c3ccco3)CCC[C@H]2[C@@H]1c1ccco1. The molecule has 0 aromatic carbocycles. The van der Waals surface area contributed by atoms with Gasteiger partial charge in [0.05, 0.1) is 18.2 Å². The first-order valence-electron chi connectivity index (χ1n) is 10.5. The van der Waals surface area contributed by atoms with Crippen molar-refractivity contribution in [2.24, 2.45) is 16.9 Å². The lowest BCUT2D eigenvalue weighted by Crippen LogP contribution is -2.36. The van der Waals surface area contributed by atoms with Crippen LogP contribution in [-0.2, 0) is 4.79 Å². The third kappa shape index (κ3) is 3.13. The van der Waals surface area contributed by atoms with Crippen LogP contribution < -0.4 is 0 Å². The van der Waals surface area contributed by atoms with Gasteiger partial charge >= 0.3 is 0 Å². The molecular weight excluding hydrogens is 352 g/mol. The summed E-state index contributed by atoms with van der Waals surface area (Å²) in [6.45, 7) is 0. The molecule has 28 heavy (non-hydrogen) atoms. The van der Waals surface area contributed by atoms with Crippen LogP contribution in [0.1, 0.15) is 68.9 Å². The molecule has 2 aromatic heterocycles. The van der Waals surface area contributed by atoms with Crippen LogP contribution in [0.25, 0.3) is 6.08 Å². The predicted octanol–water partition coefficient (Wildman–Crippen LogP) is 5.58. The number of nitrogens with zero attached hydrogens (tertiary/aromatic N) is 2. The Labute approximate surface area is 165 Å². The molecule has 0 bridgehead atoms. The van der Waals surface area contributed by atoms with E-state index in [0.717, 1.165) is 62.2 Å². The minimum Gasteiger partial charge on any atom is -0.467 e. The van der Waals surface area contributed by atoms with Gasteiger partial charge in [-0.2, -0.15) is 5.10 Å². The molecular formula is C23H26N2O3. The van der Waals surface area contributed by atoms with Gasteiger partial charge in [-0.15, -0.1) is 0 Å². The monoisotopic (exact) mass is 378 g/mol. The molecule has 1 aliphatic heterocycles. The van der Waals surface area contributed by atoms with Gasteiger partial charge in [-0.25, -0.2) is 5.01 Å². The maximum absolute atomic E-state index is 13.4. The highest BCUT2D eigenvalue weighted by Crippen LogP contribution is 2.45. The van der Waals surface area contributed by atoms with Gasteiger partial charge < -0.3 is 8.83 Å². The highest BCUT2D eigenvalue weighted by Gasteiger charge is 2.46.